The zero-order valence-electron chi connectivity index (χ0n) is 30.7. The standard InChI is InChI=1S/C37H63N2O8.HI/c1-10-30(41)28(7)35-31(45-35)22-25(4)12-11-13-26(5)34-27(6)14-15-32(37(8,44)17-16-29(40)23-33(42)47-34)46-36(43)38-18-20-39(9,21-19-38)24(2)3;/h11-15,24-25,27-32,34-35,40-41,44H,10,16-23H2,1-9H3;1H/q+1;/p-1/b12-11+,15-14+,26-13+;/t25-,27+,28-,29-,30+,31-,32+,34-,35-,37-;/m1./s1. The highest BCUT2D eigenvalue weighted by molar-refractivity contribution is 5.70. The van der Waals surface area contributed by atoms with E-state index in [2.05, 4.69) is 33.9 Å². The lowest BCUT2D eigenvalue weighted by Crippen LogP contribution is -3.00. The quantitative estimate of drug-likeness (QED) is 0.0764. The second kappa shape index (κ2) is 18.6. The number of halogens is 1. The number of nitrogens with zero attached hydrogens (tertiary/aromatic N) is 2. The number of carbonyl (C=O) groups is 2. The fourth-order valence-electron chi connectivity index (χ4n) is 6.59. The van der Waals surface area contributed by atoms with E-state index in [1.807, 2.05) is 45.9 Å². The van der Waals surface area contributed by atoms with Gasteiger partial charge in [0.15, 0.2) is 6.10 Å². The topological polar surface area (TPSA) is 129 Å². The maximum atomic E-state index is 13.3. The van der Waals surface area contributed by atoms with Gasteiger partial charge in [0, 0.05) is 11.8 Å². The zero-order chi connectivity index (χ0) is 35.1. The van der Waals surface area contributed by atoms with Crippen LogP contribution >= 0.6 is 0 Å². The van der Waals surface area contributed by atoms with Gasteiger partial charge in [-0.1, -0.05) is 52.0 Å². The summed E-state index contributed by atoms with van der Waals surface area (Å²) in [5, 5.41) is 32.2. The van der Waals surface area contributed by atoms with Crippen LogP contribution in [0.4, 0.5) is 4.79 Å². The minimum atomic E-state index is -1.45. The van der Waals surface area contributed by atoms with E-state index in [9.17, 15) is 24.9 Å². The number of hydrogen-bond donors (Lipinski definition) is 3. The second-order valence-electron chi connectivity index (χ2n) is 15.2. The molecule has 0 bridgehead atoms. The van der Waals surface area contributed by atoms with Crippen LogP contribution in [-0.2, 0) is 19.0 Å². The number of quaternary nitrogens is 1. The molecule has 0 aromatic rings. The van der Waals surface area contributed by atoms with Gasteiger partial charge in [-0.2, -0.15) is 0 Å². The average Bonchev–Trinajstić information content (AvgIpc) is 3.78. The molecule has 276 valence electrons. The smallest absolute Gasteiger partial charge is 0.410 e. The molecule has 3 heterocycles. The SMILES string of the molecule is CC[C@H](O)[C@@H](C)[C@H]1O[C@@H]1C[C@H](C)/C=C/C=C(\C)[C@H]1OC(=O)C[C@H](O)CC[C@@](C)(O)[C@@H](OC(=O)N2CC[N+](C)(C(C)C)CC2)/C=C/[C@@H]1C.[I-]. The third kappa shape index (κ3) is 12.1. The Morgan fingerprint density at radius 3 is 2.46 bits per heavy atom. The number of esters is 1. The third-order valence-electron chi connectivity index (χ3n) is 10.8. The predicted molar refractivity (Wildman–Crippen MR) is 182 cm³/mol. The lowest BCUT2D eigenvalue weighted by molar-refractivity contribution is -0.933. The molecule has 0 spiro atoms. The molecule has 0 aromatic carbocycles. The van der Waals surface area contributed by atoms with Crippen molar-refractivity contribution in [2.45, 2.75) is 136 Å². The molecule has 1 amide bonds. The summed E-state index contributed by atoms with van der Waals surface area (Å²) >= 11 is 0. The van der Waals surface area contributed by atoms with Crippen LogP contribution in [0.15, 0.2) is 36.0 Å². The summed E-state index contributed by atoms with van der Waals surface area (Å²) in [4.78, 5) is 27.9. The van der Waals surface area contributed by atoms with E-state index < -0.39 is 36.0 Å². The van der Waals surface area contributed by atoms with Gasteiger partial charge in [-0.15, -0.1) is 0 Å². The van der Waals surface area contributed by atoms with Gasteiger partial charge >= 0.3 is 12.1 Å². The fourth-order valence-corrected chi connectivity index (χ4v) is 6.59. The second-order valence-corrected chi connectivity index (χ2v) is 15.2. The van der Waals surface area contributed by atoms with E-state index in [0.29, 0.717) is 25.6 Å². The Kier molecular flexibility index (Phi) is 16.6. The van der Waals surface area contributed by atoms with Gasteiger partial charge in [-0.3, -0.25) is 9.69 Å². The number of amides is 1. The molecular formula is C37H63IN2O8. The first-order valence-corrected chi connectivity index (χ1v) is 17.7. The Bertz CT molecular complexity index is 1130. The molecule has 11 heteroatoms. The molecule has 2 fully saturated rings. The first-order chi connectivity index (χ1) is 22.0. The summed E-state index contributed by atoms with van der Waals surface area (Å²) in [6.45, 7) is 18.8. The zero-order valence-corrected chi connectivity index (χ0v) is 32.8. The van der Waals surface area contributed by atoms with Crippen molar-refractivity contribution >= 4 is 12.1 Å². The van der Waals surface area contributed by atoms with Crippen molar-refractivity contribution in [2.24, 2.45) is 17.8 Å². The number of rotatable bonds is 10. The number of ether oxygens (including phenoxy) is 3. The van der Waals surface area contributed by atoms with Gasteiger partial charge in [-0.05, 0) is 70.9 Å². The van der Waals surface area contributed by atoms with E-state index in [0.717, 1.165) is 29.6 Å². The molecule has 0 aromatic heterocycles. The van der Waals surface area contributed by atoms with Gasteiger partial charge in [0.25, 0.3) is 0 Å². The number of aliphatic hydroxyl groups excluding tert-OH is 2. The number of cyclic esters (lactones) is 1. The first-order valence-electron chi connectivity index (χ1n) is 17.7. The molecule has 0 radical (unpaired) electrons. The molecule has 3 rings (SSSR count). The number of piperazine rings is 1. The lowest BCUT2D eigenvalue weighted by Gasteiger charge is -2.45. The number of hydrogen-bond acceptors (Lipinski definition) is 8. The van der Waals surface area contributed by atoms with Crippen molar-refractivity contribution in [3.63, 3.8) is 0 Å². The largest absolute Gasteiger partial charge is 1.00 e. The van der Waals surface area contributed by atoms with Crippen LogP contribution in [0.2, 0.25) is 0 Å². The van der Waals surface area contributed by atoms with Crippen molar-refractivity contribution < 1.29 is 67.6 Å². The molecule has 3 N–H and O–H groups in total. The van der Waals surface area contributed by atoms with Gasteiger partial charge in [0.1, 0.15) is 11.7 Å². The summed E-state index contributed by atoms with van der Waals surface area (Å²) in [6, 6.07) is 0.453. The number of aliphatic hydroxyl groups is 3. The number of carbonyl (C=O) groups excluding carboxylic acids is 2. The van der Waals surface area contributed by atoms with Crippen LogP contribution in [0.25, 0.3) is 0 Å². The van der Waals surface area contributed by atoms with Gasteiger partial charge in [0.2, 0.25) is 0 Å². The van der Waals surface area contributed by atoms with Crippen LogP contribution in [0, 0.1) is 17.8 Å². The molecular weight excluding hydrogens is 727 g/mol. The van der Waals surface area contributed by atoms with Crippen LogP contribution in [-0.4, -0.2) is 118 Å². The van der Waals surface area contributed by atoms with E-state index >= 15 is 0 Å². The summed E-state index contributed by atoms with van der Waals surface area (Å²) in [7, 11) is 2.20. The van der Waals surface area contributed by atoms with Crippen molar-refractivity contribution in [1.82, 2.24) is 4.90 Å². The van der Waals surface area contributed by atoms with Crippen molar-refractivity contribution in [2.75, 3.05) is 33.2 Å². The average molecular weight is 791 g/mol. The summed E-state index contributed by atoms with van der Waals surface area (Å²) < 4.78 is 18.6. The highest BCUT2D eigenvalue weighted by Crippen LogP contribution is 2.36. The van der Waals surface area contributed by atoms with Crippen LogP contribution in [0.3, 0.4) is 0 Å². The maximum absolute atomic E-state index is 13.3. The molecule has 0 aliphatic carbocycles. The number of epoxide rings is 1. The van der Waals surface area contributed by atoms with Crippen molar-refractivity contribution in [3.8, 4) is 0 Å². The van der Waals surface area contributed by atoms with Crippen LogP contribution < -0.4 is 24.0 Å². The lowest BCUT2D eigenvalue weighted by atomic mass is 9.88. The monoisotopic (exact) mass is 790 g/mol. The van der Waals surface area contributed by atoms with E-state index in [1.165, 1.54) is 0 Å². The van der Waals surface area contributed by atoms with E-state index in [-0.39, 0.29) is 79.3 Å². The van der Waals surface area contributed by atoms with Gasteiger partial charge < -0.3 is 58.0 Å². The summed E-state index contributed by atoms with van der Waals surface area (Å²) in [5.41, 5.74) is -0.629. The Labute approximate surface area is 306 Å². The number of likely N-dealkylation sites (N-methyl/N-ethyl adjacent to an activating group) is 1. The highest BCUT2D eigenvalue weighted by atomic mass is 127. The van der Waals surface area contributed by atoms with Gasteiger partial charge in [0.05, 0.1) is 70.1 Å². The normalized spacial score (nSPS) is 34.2. The molecule has 10 nitrogen and oxygen atoms in total. The van der Waals surface area contributed by atoms with Crippen molar-refractivity contribution in [3.05, 3.63) is 36.0 Å². The van der Waals surface area contributed by atoms with Gasteiger partial charge in [-0.25, -0.2) is 4.79 Å². The Morgan fingerprint density at radius 2 is 1.85 bits per heavy atom. The molecule has 3 aliphatic rings. The van der Waals surface area contributed by atoms with Crippen LogP contribution in [0.5, 0.6) is 0 Å². The van der Waals surface area contributed by atoms with E-state index in [4.69, 9.17) is 14.2 Å². The Morgan fingerprint density at radius 1 is 1.21 bits per heavy atom. The minimum absolute atomic E-state index is 0. The molecule has 48 heavy (non-hydrogen) atoms. The Hall–Kier alpha value is -1.51. The molecule has 0 saturated carbocycles. The molecule has 3 aliphatic heterocycles. The summed E-state index contributed by atoms with van der Waals surface area (Å²) in [5.74, 6) is -0.444. The maximum Gasteiger partial charge on any atom is 0.410 e. The molecule has 10 atom stereocenters. The molecule has 0 unspecified atom stereocenters. The third-order valence-corrected chi connectivity index (χ3v) is 10.8. The van der Waals surface area contributed by atoms with E-state index in [1.54, 1.807) is 17.9 Å². The van der Waals surface area contributed by atoms with Crippen LogP contribution in [0.1, 0.15) is 87.5 Å². The highest BCUT2D eigenvalue weighted by Gasteiger charge is 2.45. The summed E-state index contributed by atoms with van der Waals surface area (Å²) in [6.07, 6.45) is 8.06. The predicted octanol–water partition coefficient (Wildman–Crippen LogP) is 1.77. The number of allylic oxidation sites excluding steroid dienone is 3. The molecule has 2 saturated heterocycles. The first kappa shape index (κ1) is 42.7. The Balaban J connectivity index is 0.00000800. The minimum Gasteiger partial charge on any atom is -1.00 e. The fraction of sp³-hybridized carbons (Fsp3) is 0.784. The van der Waals surface area contributed by atoms with Crippen molar-refractivity contribution in [1.29, 1.82) is 0 Å².